The predicted molar refractivity (Wildman–Crippen MR) is 96.8 cm³/mol. The molecule has 0 bridgehead atoms. The Balaban J connectivity index is 1.55. The molecule has 2 fully saturated rings. The lowest BCUT2D eigenvalue weighted by atomic mass is 10.1. The van der Waals surface area contributed by atoms with Gasteiger partial charge in [-0.25, -0.2) is 4.98 Å². The molecule has 2 aliphatic rings. The van der Waals surface area contributed by atoms with E-state index >= 15 is 0 Å². The molecule has 134 valence electrons. The van der Waals surface area contributed by atoms with Crippen molar-refractivity contribution < 1.29 is 9.47 Å². The van der Waals surface area contributed by atoms with Gasteiger partial charge in [-0.05, 0) is 38.2 Å². The maximum atomic E-state index is 5.91. The quantitative estimate of drug-likeness (QED) is 0.650. The summed E-state index contributed by atoms with van der Waals surface area (Å²) in [6, 6.07) is 4.64. The zero-order chi connectivity index (χ0) is 16.8. The Morgan fingerprint density at radius 3 is 2.88 bits per heavy atom. The second-order valence-corrected chi connectivity index (χ2v) is 6.85. The van der Waals surface area contributed by atoms with Crippen molar-refractivity contribution in [3.05, 3.63) is 18.3 Å². The molecule has 0 spiro atoms. The molecule has 0 amide bonds. The topological polar surface area (TPSA) is 37.8 Å². The molecule has 24 heavy (non-hydrogen) atoms. The fourth-order valence-electron chi connectivity index (χ4n) is 3.27. The van der Waals surface area contributed by atoms with Crippen molar-refractivity contribution in [3.63, 3.8) is 0 Å². The summed E-state index contributed by atoms with van der Waals surface area (Å²) in [6.45, 7) is 10.9. The first kappa shape index (κ1) is 17.5. The number of piperazine rings is 1. The lowest BCUT2D eigenvalue weighted by Gasteiger charge is -2.41. The number of aromatic nitrogens is 1. The third kappa shape index (κ3) is 4.84. The lowest BCUT2D eigenvalue weighted by Crippen LogP contribution is -2.54. The summed E-state index contributed by atoms with van der Waals surface area (Å²) in [5, 5.41) is 0. The summed E-state index contributed by atoms with van der Waals surface area (Å²) >= 11 is 0. The summed E-state index contributed by atoms with van der Waals surface area (Å²) in [4.78, 5) is 9.53. The van der Waals surface area contributed by atoms with Gasteiger partial charge in [0, 0.05) is 51.1 Å². The van der Waals surface area contributed by atoms with Crippen molar-refractivity contribution in [2.24, 2.45) is 5.92 Å². The smallest absolute Gasteiger partial charge is 0.132 e. The number of anilines is 1. The standard InChI is InChI=1S/C19H31N3O2/c1-3-17-14-22(10-9-21(17)11-12-23-4-2)19-13-18(7-8-20-19)24-15-16-5-6-16/h7-8,13,16-17H,3-6,9-12,14-15H2,1-2H3. The van der Waals surface area contributed by atoms with E-state index in [0.717, 1.165) is 69.9 Å². The number of nitrogens with zero attached hydrogens (tertiary/aromatic N) is 3. The number of hydrogen-bond acceptors (Lipinski definition) is 5. The fourth-order valence-corrected chi connectivity index (χ4v) is 3.27. The monoisotopic (exact) mass is 333 g/mol. The number of hydrogen-bond donors (Lipinski definition) is 0. The van der Waals surface area contributed by atoms with Crippen LogP contribution in [0.2, 0.25) is 0 Å². The summed E-state index contributed by atoms with van der Waals surface area (Å²) in [6.07, 6.45) is 5.67. The average Bonchev–Trinajstić information content (AvgIpc) is 3.45. The summed E-state index contributed by atoms with van der Waals surface area (Å²) in [5.74, 6) is 2.78. The van der Waals surface area contributed by atoms with Crippen LogP contribution >= 0.6 is 0 Å². The Hall–Kier alpha value is -1.33. The van der Waals surface area contributed by atoms with Crippen molar-refractivity contribution in [3.8, 4) is 5.75 Å². The van der Waals surface area contributed by atoms with Crippen LogP contribution in [-0.4, -0.2) is 61.9 Å². The minimum atomic E-state index is 0.567. The van der Waals surface area contributed by atoms with Crippen LogP contribution in [-0.2, 0) is 4.74 Å². The van der Waals surface area contributed by atoms with Crippen LogP contribution in [0.3, 0.4) is 0 Å². The normalized spacial score (nSPS) is 21.9. The molecule has 3 rings (SSSR count). The van der Waals surface area contributed by atoms with Crippen LogP contribution in [0.1, 0.15) is 33.1 Å². The molecule has 5 nitrogen and oxygen atoms in total. The molecule has 0 aromatic carbocycles. The Morgan fingerprint density at radius 1 is 1.25 bits per heavy atom. The molecular weight excluding hydrogens is 302 g/mol. The van der Waals surface area contributed by atoms with E-state index in [1.165, 1.54) is 12.8 Å². The van der Waals surface area contributed by atoms with E-state index in [0.29, 0.717) is 6.04 Å². The SMILES string of the molecule is CCOCCN1CCN(c2cc(OCC3CC3)ccn2)CC1CC. The highest BCUT2D eigenvalue weighted by molar-refractivity contribution is 5.44. The maximum Gasteiger partial charge on any atom is 0.132 e. The molecule has 1 aliphatic carbocycles. The van der Waals surface area contributed by atoms with Gasteiger partial charge in [-0.2, -0.15) is 0 Å². The third-order valence-electron chi connectivity index (χ3n) is 5.03. The number of rotatable bonds is 9. The Kier molecular flexibility index (Phi) is 6.32. The van der Waals surface area contributed by atoms with Crippen molar-refractivity contribution in [2.75, 3.05) is 50.9 Å². The van der Waals surface area contributed by atoms with Crippen molar-refractivity contribution in [1.29, 1.82) is 0 Å². The van der Waals surface area contributed by atoms with E-state index < -0.39 is 0 Å². The highest BCUT2D eigenvalue weighted by atomic mass is 16.5. The summed E-state index contributed by atoms with van der Waals surface area (Å²) in [7, 11) is 0. The Bertz CT molecular complexity index is 507. The minimum absolute atomic E-state index is 0.567. The highest BCUT2D eigenvalue weighted by Crippen LogP contribution is 2.30. The zero-order valence-corrected chi connectivity index (χ0v) is 15.1. The van der Waals surface area contributed by atoms with Crippen LogP contribution in [0, 0.1) is 5.92 Å². The molecule has 1 saturated heterocycles. The number of pyridine rings is 1. The van der Waals surface area contributed by atoms with Gasteiger partial charge in [-0.15, -0.1) is 0 Å². The molecule has 1 atom stereocenters. The second kappa shape index (κ2) is 8.67. The molecule has 0 radical (unpaired) electrons. The van der Waals surface area contributed by atoms with Gasteiger partial charge in [0.15, 0.2) is 0 Å². The third-order valence-corrected chi connectivity index (χ3v) is 5.03. The van der Waals surface area contributed by atoms with Gasteiger partial charge < -0.3 is 14.4 Å². The second-order valence-electron chi connectivity index (χ2n) is 6.85. The van der Waals surface area contributed by atoms with Crippen LogP contribution in [0.25, 0.3) is 0 Å². The fraction of sp³-hybridized carbons (Fsp3) is 0.737. The van der Waals surface area contributed by atoms with E-state index in [9.17, 15) is 0 Å². The molecule has 1 aliphatic heterocycles. The van der Waals surface area contributed by atoms with E-state index in [1.54, 1.807) is 0 Å². The van der Waals surface area contributed by atoms with E-state index in [4.69, 9.17) is 9.47 Å². The zero-order valence-electron chi connectivity index (χ0n) is 15.1. The van der Waals surface area contributed by atoms with Crippen LogP contribution < -0.4 is 9.64 Å². The minimum Gasteiger partial charge on any atom is -0.493 e. The first-order valence-corrected chi connectivity index (χ1v) is 9.45. The Morgan fingerprint density at radius 2 is 2.12 bits per heavy atom. The van der Waals surface area contributed by atoms with E-state index in [2.05, 4.69) is 34.7 Å². The van der Waals surface area contributed by atoms with Gasteiger partial charge >= 0.3 is 0 Å². The van der Waals surface area contributed by atoms with Crippen molar-refractivity contribution in [1.82, 2.24) is 9.88 Å². The summed E-state index contributed by atoms with van der Waals surface area (Å²) in [5.41, 5.74) is 0. The molecule has 1 saturated carbocycles. The lowest BCUT2D eigenvalue weighted by molar-refractivity contribution is 0.0869. The average molecular weight is 333 g/mol. The van der Waals surface area contributed by atoms with Gasteiger partial charge in [0.2, 0.25) is 0 Å². The predicted octanol–water partition coefficient (Wildman–Crippen LogP) is 2.81. The van der Waals surface area contributed by atoms with Crippen LogP contribution in [0.5, 0.6) is 5.75 Å². The molecule has 2 heterocycles. The maximum absolute atomic E-state index is 5.91. The number of ether oxygens (including phenoxy) is 2. The molecule has 5 heteroatoms. The molecule has 1 unspecified atom stereocenters. The molecule has 1 aromatic heterocycles. The largest absolute Gasteiger partial charge is 0.493 e. The molecule has 1 aromatic rings. The Labute approximate surface area is 145 Å². The van der Waals surface area contributed by atoms with Crippen LogP contribution in [0.4, 0.5) is 5.82 Å². The van der Waals surface area contributed by atoms with E-state index in [-0.39, 0.29) is 0 Å². The van der Waals surface area contributed by atoms with Gasteiger partial charge in [0.25, 0.3) is 0 Å². The highest BCUT2D eigenvalue weighted by Gasteiger charge is 2.26. The van der Waals surface area contributed by atoms with Gasteiger partial charge in [0.1, 0.15) is 11.6 Å². The van der Waals surface area contributed by atoms with Gasteiger partial charge in [-0.1, -0.05) is 6.92 Å². The first-order chi connectivity index (χ1) is 11.8. The molecular formula is C19H31N3O2. The summed E-state index contributed by atoms with van der Waals surface area (Å²) < 4.78 is 11.4. The van der Waals surface area contributed by atoms with E-state index in [1.807, 2.05) is 12.3 Å². The van der Waals surface area contributed by atoms with Crippen molar-refractivity contribution >= 4 is 5.82 Å². The van der Waals surface area contributed by atoms with Gasteiger partial charge in [0.05, 0.1) is 13.2 Å². The molecule has 0 N–H and O–H groups in total. The van der Waals surface area contributed by atoms with Gasteiger partial charge in [-0.3, -0.25) is 4.90 Å². The van der Waals surface area contributed by atoms with Crippen molar-refractivity contribution in [2.45, 2.75) is 39.2 Å². The first-order valence-electron chi connectivity index (χ1n) is 9.45. The van der Waals surface area contributed by atoms with Crippen LogP contribution in [0.15, 0.2) is 18.3 Å².